The van der Waals surface area contributed by atoms with Gasteiger partial charge in [-0.25, -0.2) is 0 Å². The first-order valence-electron chi connectivity index (χ1n) is 6.68. The summed E-state index contributed by atoms with van der Waals surface area (Å²) in [5, 5.41) is 4.27. The quantitative estimate of drug-likeness (QED) is 0.843. The molecule has 0 aliphatic carbocycles. The Morgan fingerprint density at radius 1 is 1.16 bits per heavy atom. The van der Waals surface area contributed by atoms with Crippen molar-refractivity contribution < 1.29 is 4.79 Å². The topological polar surface area (TPSA) is 38.1 Å². The monoisotopic (exact) mass is 255 g/mol. The van der Waals surface area contributed by atoms with Crippen molar-refractivity contribution in [3.63, 3.8) is 0 Å². The zero-order chi connectivity index (χ0) is 13.1. The molecule has 0 bridgehead atoms. The zero-order valence-electron chi connectivity index (χ0n) is 10.8. The highest BCUT2D eigenvalue weighted by molar-refractivity contribution is 5.93. The summed E-state index contributed by atoms with van der Waals surface area (Å²) in [5.41, 5.74) is 1.88. The van der Waals surface area contributed by atoms with E-state index in [1.54, 1.807) is 6.20 Å². The van der Waals surface area contributed by atoms with E-state index < -0.39 is 0 Å². The fourth-order valence-electron chi connectivity index (χ4n) is 2.43. The van der Waals surface area contributed by atoms with Crippen LogP contribution in [0.1, 0.15) is 28.8 Å². The molecule has 4 heteroatoms. The third-order valence-corrected chi connectivity index (χ3v) is 3.46. The molecule has 0 spiro atoms. The molecule has 4 nitrogen and oxygen atoms in total. The third kappa shape index (κ3) is 2.67. The van der Waals surface area contributed by atoms with E-state index in [0.717, 1.165) is 25.9 Å². The highest BCUT2D eigenvalue weighted by Gasteiger charge is 2.20. The van der Waals surface area contributed by atoms with Crippen molar-refractivity contribution in [1.29, 1.82) is 0 Å². The summed E-state index contributed by atoms with van der Waals surface area (Å²) in [4.78, 5) is 14.1. The first-order chi connectivity index (χ1) is 9.33. The Balaban J connectivity index is 1.71. The van der Waals surface area contributed by atoms with E-state index in [2.05, 4.69) is 17.2 Å². The molecule has 1 fully saturated rings. The SMILES string of the molecule is O=C(c1cnn(Cc2ccccc2)c1)N1CCCC1. The Morgan fingerprint density at radius 3 is 2.63 bits per heavy atom. The van der Waals surface area contributed by atoms with Gasteiger partial charge in [0.05, 0.1) is 18.3 Å². The Morgan fingerprint density at radius 2 is 1.89 bits per heavy atom. The van der Waals surface area contributed by atoms with E-state index in [4.69, 9.17) is 0 Å². The summed E-state index contributed by atoms with van der Waals surface area (Å²) in [6.07, 6.45) is 5.74. The Kier molecular flexibility index (Phi) is 3.31. The minimum Gasteiger partial charge on any atom is -0.339 e. The van der Waals surface area contributed by atoms with Gasteiger partial charge in [0.2, 0.25) is 0 Å². The normalized spacial score (nSPS) is 14.8. The van der Waals surface area contributed by atoms with E-state index in [9.17, 15) is 4.79 Å². The van der Waals surface area contributed by atoms with Gasteiger partial charge in [-0.3, -0.25) is 9.48 Å². The number of aromatic nitrogens is 2. The maximum absolute atomic E-state index is 12.2. The molecule has 19 heavy (non-hydrogen) atoms. The van der Waals surface area contributed by atoms with Gasteiger partial charge in [0, 0.05) is 19.3 Å². The lowest BCUT2D eigenvalue weighted by Crippen LogP contribution is -2.27. The number of amides is 1. The average Bonchev–Trinajstić information content (AvgIpc) is 3.10. The lowest BCUT2D eigenvalue weighted by Gasteiger charge is -2.13. The second-order valence-corrected chi connectivity index (χ2v) is 4.91. The van der Waals surface area contributed by atoms with Gasteiger partial charge in [-0.1, -0.05) is 30.3 Å². The third-order valence-electron chi connectivity index (χ3n) is 3.46. The highest BCUT2D eigenvalue weighted by atomic mass is 16.2. The Hall–Kier alpha value is -2.10. The van der Waals surface area contributed by atoms with Crippen molar-refractivity contribution in [3.8, 4) is 0 Å². The van der Waals surface area contributed by atoms with Gasteiger partial charge in [-0.05, 0) is 18.4 Å². The van der Waals surface area contributed by atoms with Gasteiger partial charge in [-0.15, -0.1) is 0 Å². The van der Waals surface area contributed by atoms with Crippen LogP contribution in [0.15, 0.2) is 42.7 Å². The number of rotatable bonds is 3. The Labute approximate surface area is 112 Å². The van der Waals surface area contributed by atoms with Crippen molar-refractivity contribution in [2.24, 2.45) is 0 Å². The maximum atomic E-state index is 12.2. The molecule has 2 heterocycles. The second-order valence-electron chi connectivity index (χ2n) is 4.91. The number of benzene rings is 1. The van der Waals surface area contributed by atoms with Crippen LogP contribution < -0.4 is 0 Å². The molecule has 1 aromatic heterocycles. The summed E-state index contributed by atoms with van der Waals surface area (Å²) in [7, 11) is 0. The van der Waals surface area contributed by atoms with Gasteiger partial charge >= 0.3 is 0 Å². The smallest absolute Gasteiger partial charge is 0.257 e. The van der Waals surface area contributed by atoms with Crippen LogP contribution >= 0.6 is 0 Å². The predicted octanol–water partition coefficient (Wildman–Crippen LogP) is 2.17. The summed E-state index contributed by atoms with van der Waals surface area (Å²) < 4.78 is 1.82. The van der Waals surface area contributed by atoms with E-state index in [1.165, 1.54) is 5.56 Å². The zero-order valence-corrected chi connectivity index (χ0v) is 10.8. The van der Waals surface area contributed by atoms with Gasteiger partial charge in [0.1, 0.15) is 0 Å². The molecular formula is C15H17N3O. The summed E-state index contributed by atoms with van der Waals surface area (Å²) in [6.45, 7) is 2.46. The molecule has 1 saturated heterocycles. The van der Waals surface area contributed by atoms with Crippen molar-refractivity contribution >= 4 is 5.91 Å². The van der Waals surface area contributed by atoms with Crippen molar-refractivity contribution in [1.82, 2.24) is 14.7 Å². The number of carbonyl (C=O) groups excluding carboxylic acids is 1. The minimum atomic E-state index is 0.108. The molecule has 1 aliphatic rings. The molecule has 0 unspecified atom stereocenters. The molecule has 0 N–H and O–H groups in total. The first kappa shape index (κ1) is 12.0. The fourth-order valence-corrected chi connectivity index (χ4v) is 2.43. The lowest BCUT2D eigenvalue weighted by molar-refractivity contribution is 0.0792. The van der Waals surface area contributed by atoms with Crippen LogP contribution in [-0.4, -0.2) is 33.7 Å². The van der Waals surface area contributed by atoms with E-state index in [0.29, 0.717) is 12.1 Å². The predicted molar refractivity (Wildman–Crippen MR) is 72.9 cm³/mol. The summed E-state index contributed by atoms with van der Waals surface area (Å²) >= 11 is 0. The fraction of sp³-hybridized carbons (Fsp3) is 0.333. The van der Waals surface area contributed by atoms with Crippen LogP contribution in [0.25, 0.3) is 0 Å². The minimum absolute atomic E-state index is 0.108. The van der Waals surface area contributed by atoms with Crippen LogP contribution in [0.5, 0.6) is 0 Å². The number of hydrogen-bond acceptors (Lipinski definition) is 2. The molecule has 0 radical (unpaired) electrons. The molecule has 1 aromatic carbocycles. The first-order valence-corrected chi connectivity index (χ1v) is 6.68. The van der Waals surface area contributed by atoms with Gasteiger partial charge in [-0.2, -0.15) is 5.10 Å². The Bertz CT molecular complexity index is 556. The molecule has 0 atom stereocenters. The van der Waals surface area contributed by atoms with Crippen molar-refractivity contribution in [2.45, 2.75) is 19.4 Å². The maximum Gasteiger partial charge on any atom is 0.257 e. The summed E-state index contributed by atoms with van der Waals surface area (Å²) in [5.74, 6) is 0.108. The number of nitrogens with zero attached hydrogens (tertiary/aromatic N) is 3. The molecular weight excluding hydrogens is 238 g/mol. The van der Waals surface area contributed by atoms with Gasteiger partial charge < -0.3 is 4.90 Å². The molecule has 2 aromatic rings. The van der Waals surface area contributed by atoms with Crippen LogP contribution in [0.2, 0.25) is 0 Å². The van der Waals surface area contributed by atoms with Crippen molar-refractivity contribution in [3.05, 3.63) is 53.9 Å². The van der Waals surface area contributed by atoms with Crippen molar-refractivity contribution in [2.75, 3.05) is 13.1 Å². The number of likely N-dealkylation sites (tertiary alicyclic amines) is 1. The molecule has 0 saturated carbocycles. The highest BCUT2D eigenvalue weighted by Crippen LogP contribution is 2.12. The lowest BCUT2D eigenvalue weighted by atomic mass is 10.2. The molecule has 3 rings (SSSR count). The largest absolute Gasteiger partial charge is 0.339 e. The number of carbonyl (C=O) groups is 1. The van der Waals surface area contributed by atoms with E-state index >= 15 is 0 Å². The second kappa shape index (κ2) is 5.26. The van der Waals surface area contributed by atoms with Gasteiger partial charge in [0.15, 0.2) is 0 Å². The molecule has 98 valence electrons. The van der Waals surface area contributed by atoms with Crippen LogP contribution in [-0.2, 0) is 6.54 Å². The number of hydrogen-bond donors (Lipinski definition) is 0. The van der Waals surface area contributed by atoms with E-state index in [-0.39, 0.29) is 5.91 Å². The standard InChI is InChI=1S/C15H17N3O/c19-15(17-8-4-5-9-17)14-10-16-18(12-14)11-13-6-2-1-3-7-13/h1-3,6-7,10,12H,4-5,8-9,11H2. The van der Waals surface area contributed by atoms with Gasteiger partial charge in [0.25, 0.3) is 5.91 Å². The van der Waals surface area contributed by atoms with E-state index in [1.807, 2.05) is 34.0 Å². The molecule has 1 aliphatic heterocycles. The van der Waals surface area contributed by atoms with Crippen LogP contribution in [0.3, 0.4) is 0 Å². The average molecular weight is 255 g/mol. The van der Waals surface area contributed by atoms with Crippen LogP contribution in [0, 0.1) is 0 Å². The summed E-state index contributed by atoms with van der Waals surface area (Å²) in [6, 6.07) is 10.1. The molecule has 1 amide bonds. The van der Waals surface area contributed by atoms with Crippen LogP contribution in [0.4, 0.5) is 0 Å².